The van der Waals surface area contributed by atoms with Gasteiger partial charge in [0.2, 0.25) is 0 Å². The average Bonchev–Trinajstić information content (AvgIpc) is 2.62. The van der Waals surface area contributed by atoms with Gasteiger partial charge < -0.3 is 10.1 Å². The van der Waals surface area contributed by atoms with E-state index in [4.69, 9.17) is 4.74 Å². The Morgan fingerprint density at radius 1 is 1.33 bits per heavy atom. The minimum Gasteiger partial charge on any atom is -0.379 e. The molecule has 1 unspecified atom stereocenters. The molecular formula is C10H19NO. The first kappa shape index (κ1) is 8.52. The van der Waals surface area contributed by atoms with Crippen LogP contribution in [0.1, 0.15) is 39.0 Å². The molecule has 1 aliphatic carbocycles. The second kappa shape index (κ2) is 3.35. The van der Waals surface area contributed by atoms with E-state index < -0.39 is 0 Å². The quantitative estimate of drug-likeness (QED) is 0.679. The minimum atomic E-state index is 0.287. The summed E-state index contributed by atoms with van der Waals surface area (Å²) in [5, 5.41) is 3.73. The summed E-state index contributed by atoms with van der Waals surface area (Å²) in [4.78, 5) is 0. The summed E-state index contributed by atoms with van der Waals surface area (Å²) in [7, 11) is 0. The molecule has 2 aliphatic rings. The summed E-state index contributed by atoms with van der Waals surface area (Å²) >= 11 is 0. The lowest BCUT2D eigenvalue weighted by molar-refractivity contribution is 0.166. The van der Waals surface area contributed by atoms with Crippen molar-refractivity contribution in [2.75, 3.05) is 13.2 Å². The lowest BCUT2D eigenvalue weighted by Gasteiger charge is -2.27. The molecule has 2 nitrogen and oxygen atoms in total. The standard InChI is InChI=1S/C10H19NO/c1-10(6-7-12-8-10)11-9-4-2-3-5-9/h9,11H,2-8H2,1H3. The Labute approximate surface area is 74.7 Å². The largest absolute Gasteiger partial charge is 0.379 e. The molecule has 2 fully saturated rings. The van der Waals surface area contributed by atoms with E-state index in [-0.39, 0.29) is 5.54 Å². The predicted molar refractivity (Wildman–Crippen MR) is 49.2 cm³/mol. The van der Waals surface area contributed by atoms with Crippen molar-refractivity contribution in [3.8, 4) is 0 Å². The highest BCUT2D eigenvalue weighted by Crippen LogP contribution is 2.24. The van der Waals surface area contributed by atoms with Gasteiger partial charge in [-0.25, -0.2) is 0 Å². The molecule has 2 heteroatoms. The molecule has 1 saturated carbocycles. The highest BCUT2D eigenvalue weighted by molar-refractivity contribution is 4.91. The molecule has 2 rings (SSSR count). The molecule has 0 aromatic carbocycles. The molecule has 0 aromatic rings. The Bertz CT molecular complexity index is 146. The highest BCUT2D eigenvalue weighted by Gasteiger charge is 2.32. The van der Waals surface area contributed by atoms with E-state index >= 15 is 0 Å². The summed E-state index contributed by atoms with van der Waals surface area (Å²) in [5.74, 6) is 0. The molecule has 1 heterocycles. The van der Waals surface area contributed by atoms with Crippen LogP contribution < -0.4 is 5.32 Å². The van der Waals surface area contributed by atoms with Crippen LogP contribution in [-0.4, -0.2) is 24.8 Å². The number of rotatable bonds is 2. The van der Waals surface area contributed by atoms with Crippen molar-refractivity contribution in [2.45, 2.75) is 50.6 Å². The topological polar surface area (TPSA) is 21.3 Å². The van der Waals surface area contributed by atoms with E-state index in [0.717, 1.165) is 19.3 Å². The predicted octanol–water partition coefficient (Wildman–Crippen LogP) is 1.70. The summed E-state index contributed by atoms with van der Waals surface area (Å²) in [6.45, 7) is 4.14. The Balaban J connectivity index is 1.83. The van der Waals surface area contributed by atoms with Crippen LogP contribution >= 0.6 is 0 Å². The molecule has 0 radical (unpaired) electrons. The third kappa shape index (κ3) is 1.80. The van der Waals surface area contributed by atoms with Gasteiger partial charge in [0.25, 0.3) is 0 Å². The van der Waals surface area contributed by atoms with E-state index in [1.807, 2.05) is 0 Å². The van der Waals surface area contributed by atoms with Gasteiger partial charge in [0.05, 0.1) is 6.61 Å². The third-order valence-corrected chi connectivity index (χ3v) is 3.13. The molecule has 0 bridgehead atoms. The zero-order valence-corrected chi connectivity index (χ0v) is 7.94. The molecule has 0 spiro atoms. The van der Waals surface area contributed by atoms with Gasteiger partial charge >= 0.3 is 0 Å². The van der Waals surface area contributed by atoms with E-state index in [1.165, 1.54) is 32.1 Å². The monoisotopic (exact) mass is 169 g/mol. The molecule has 0 aromatic heterocycles. The van der Waals surface area contributed by atoms with Crippen molar-refractivity contribution in [2.24, 2.45) is 0 Å². The number of hydrogen-bond acceptors (Lipinski definition) is 2. The second-order valence-electron chi connectivity index (χ2n) is 4.49. The van der Waals surface area contributed by atoms with Crippen LogP contribution in [0.2, 0.25) is 0 Å². The van der Waals surface area contributed by atoms with E-state index in [2.05, 4.69) is 12.2 Å². The summed E-state index contributed by atoms with van der Waals surface area (Å²) in [6.07, 6.45) is 6.75. The lowest BCUT2D eigenvalue weighted by atomic mass is 10.00. The maximum absolute atomic E-state index is 5.41. The molecule has 1 N–H and O–H groups in total. The first-order valence-electron chi connectivity index (χ1n) is 5.14. The van der Waals surface area contributed by atoms with Crippen LogP contribution in [-0.2, 0) is 4.74 Å². The van der Waals surface area contributed by atoms with Crippen LogP contribution in [0.5, 0.6) is 0 Å². The fourth-order valence-corrected chi connectivity index (χ4v) is 2.34. The molecule has 1 saturated heterocycles. The zero-order valence-electron chi connectivity index (χ0n) is 7.94. The van der Waals surface area contributed by atoms with Crippen molar-refractivity contribution in [3.63, 3.8) is 0 Å². The maximum atomic E-state index is 5.41. The molecule has 12 heavy (non-hydrogen) atoms. The number of ether oxygens (including phenoxy) is 1. The normalized spacial score (nSPS) is 37.8. The molecule has 70 valence electrons. The molecule has 0 amide bonds. The van der Waals surface area contributed by atoms with Crippen LogP contribution in [0.3, 0.4) is 0 Å². The zero-order chi connectivity index (χ0) is 8.44. The van der Waals surface area contributed by atoms with Gasteiger partial charge in [-0.2, -0.15) is 0 Å². The maximum Gasteiger partial charge on any atom is 0.0646 e. The van der Waals surface area contributed by atoms with Crippen molar-refractivity contribution in [1.82, 2.24) is 5.32 Å². The van der Waals surface area contributed by atoms with Gasteiger partial charge in [-0.3, -0.25) is 0 Å². The lowest BCUT2D eigenvalue weighted by Crippen LogP contribution is -2.47. The van der Waals surface area contributed by atoms with Crippen LogP contribution in [0, 0.1) is 0 Å². The van der Waals surface area contributed by atoms with Crippen molar-refractivity contribution in [3.05, 3.63) is 0 Å². The van der Waals surface area contributed by atoms with Crippen LogP contribution in [0.25, 0.3) is 0 Å². The summed E-state index contributed by atoms with van der Waals surface area (Å²) in [6, 6.07) is 0.775. The van der Waals surface area contributed by atoms with E-state index in [0.29, 0.717) is 0 Å². The number of hydrogen-bond donors (Lipinski definition) is 1. The Morgan fingerprint density at radius 2 is 2.08 bits per heavy atom. The van der Waals surface area contributed by atoms with Crippen molar-refractivity contribution >= 4 is 0 Å². The summed E-state index contributed by atoms with van der Waals surface area (Å²) < 4.78 is 5.41. The van der Waals surface area contributed by atoms with Gasteiger partial charge in [0.1, 0.15) is 0 Å². The van der Waals surface area contributed by atoms with Gasteiger partial charge in [0, 0.05) is 18.2 Å². The highest BCUT2D eigenvalue weighted by atomic mass is 16.5. The fraction of sp³-hybridized carbons (Fsp3) is 1.00. The van der Waals surface area contributed by atoms with Crippen molar-refractivity contribution in [1.29, 1.82) is 0 Å². The van der Waals surface area contributed by atoms with Crippen LogP contribution in [0.15, 0.2) is 0 Å². The van der Waals surface area contributed by atoms with Gasteiger partial charge in [-0.15, -0.1) is 0 Å². The Hall–Kier alpha value is -0.0800. The smallest absolute Gasteiger partial charge is 0.0646 e. The van der Waals surface area contributed by atoms with Crippen molar-refractivity contribution < 1.29 is 4.74 Å². The molecular weight excluding hydrogens is 150 g/mol. The molecule has 1 aliphatic heterocycles. The van der Waals surface area contributed by atoms with E-state index in [9.17, 15) is 0 Å². The first-order valence-corrected chi connectivity index (χ1v) is 5.14. The minimum absolute atomic E-state index is 0.287. The molecule has 1 atom stereocenters. The average molecular weight is 169 g/mol. The third-order valence-electron chi connectivity index (χ3n) is 3.13. The Kier molecular flexibility index (Phi) is 2.37. The summed E-state index contributed by atoms with van der Waals surface area (Å²) in [5.41, 5.74) is 0.287. The van der Waals surface area contributed by atoms with E-state index in [1.54, 1.807) is 0 Å². The SMILES string of the molecule is CC1(NC2CCCC2)CCOC1. The fourth-order valence-electron chi connectivity index (χ4n) is 2.34. The second-order valence-corrected chi connectivity index (χ2v) is 4.49. The van der Waals surface area contributed by atoms with Gasteiger partial charge in [-0.05, 0) is 26.2 Å². The Morgan fingerprint density at radius 3 is 2.67 bits per heavy atom. The van der Waals surface area contributed by atoms with Gasteiger partial charge in [0.15, 0.2) is 0 Å². The van der Waals surface area contributed by atoms with Crippen LogP contribution in [0.4, 0.5) is 0 Å². The van der Waals surface area contributed by atoms with Gasteiger partial charge in [-0.1, -0.05) is 12.8 Å². The number of nitrogens with one attached hydrogen (secondary N) is 1. The first-order chi connectivity index (χ1) is 5.79.